The topological polar surface area (TPSA) is 66.5 Å². The van der Waals surface area contributed by atoms with Gasteiger partial charge in [0.15, 0.2) is 0 Å². The van der Waals surface area contributed by atoms with Crippen molar-refractivity contribution in [2.24, 2.45) is 0 Å². The molecular formula is C11H16ClN5O. The molecule has 2 heterocycles. The summed E-state index contributed by atoms with van der Waals surface area (Å²) in [6.07, 6.45) is 2.14. The first-order valence-corrected chi connectivity index (χ1v) is 6.25. The Bertz CT molecular complexity index is 527. The Morgan fingerprint density at radius 1 is 1.50 bits per heavy atom. The molecule has 0 aromatic carbocycles. The maximum Gasteiger partial charge on any atom is 0.255 e. The van der Waals surface area contributed by atoms with Gasteiger partial charge in [0.2, 0.25) is 0 Å². The van der Waals surface area contributed by atoms with E-state index < -0.39 is 0 Å². The number of aliphatic hydroxyl groups excluding tert-OH is 1. The second-order valence-corrected chi connectivity index (χ2v) is 4.66. The third kappa shape index (κ3) is 2.54. The van der Waals surface area contributed by atoms with Crippen LogP contribution in [-0.2, 0) is 0 Å². The smallest absolute Gasteiger partial charge is 0.255 e. The Labute approximate surface area is 110 Å². The highest BCUT2D eigenvalue weighted by Gasteiger charge is 2.16. The van der Waals surface area contributed by atoms with Crippen LogP contribution in [0.5, 0.6) is 0 Å². The third-order valence-electron chi connectivity index (χ3n) is 2.68. The largest absolute Gasteiger partial charge is 0.396 e. The molecular weight excluding hydrogens is 254 g/mol. The third-order valence-corrected chi connectivity index (χ3v) is 2.87. The van der Waals surface area contributed by atoms with Crippen LogP contribution in [0.25, 0.3) is 5.78 Å². The van der Waals surface area contributed by atoms with Crippen LogP contribution in [0.2, 0.25) is 5.15 Å². The minimum atomic E-state index is 0.155. The monoisotopic (exact) mass is 269 g/mol. The molecule has 0 aliphatic heterocycles. The van der Waals surface area contributed by atoms with Crippen LogP contribution in [0.15, 0.2) is 12.4 Å². The second-order valence-electron chi connectivity index (χ2n) is 4.27. The predicted molar refractivity (Wildman–Crippen MR) is 70.0 cm³/mol. The fourth-order valence-electron chi connectivity index (χ4n) is 1.85. The highest BCUT2D eigenvalue weighted by Crippen LogP contribution is 2.21. The quantitative estimate of drug-likeness (QED) is 0.831. The van der Waals surface area contributed by atoms with Gasteiger partial charge in [-0.05, 0) is 20.3 Å². The molecule has 0 radical (unpaired) electrons. The molecule has 0 spiro atoms. The predicted octanol–water partition coefficient (Wildman–Crippen LogP) is 1.37. The number of nitrogens with zero attached hydrogens (tertiary/aromatic N) is 5. The minimum Gasteiger partial charge on any atom is -0.396 e. The van der Waals surface area contributed by atoms with Gasteiger partial charge in [0, 0.05) is 25.3 Å². The Morgan fingerprint density at radius 3 is 2.94 bits per heavy atom. The second kappa shape index (κ2) is 5.49. The van der Waals surface area contributed by atoms with Crippen molar-refractivity contribution < 1.29 is 5.11 Å². The number of aromatic nitrogens is 4. The SMILES string of the molecule is CC(C)N(CCCO)c1cc(Cl)nc2ncnn12. The van der Waals surface area contributed by atoms with E-state index in [4.69, 9.17) is 16.7 Å². The summed E-state index contributed by atoms with van der Waals surface area (Å²) in [6.45, 7) is 5.04. The summed E-state index contributed by atoms with van der Waals surface area (Å²) in [5.74, 6) is 1.32. The average molecular weight is 270 g/mol. The van der Waals surface area contributed by atoms with Gasteiger partial charge in [0.05, 0.1) is 0 Å². The molecule has 0 atom stereocenters. The first-order valence-electron chi connectivity index (χ1n) is 5.87. The molecule has 2 aromatic heterocycles. The number of rotatable bonds is 5. The summed E-state index contributed by atoms with van der Waals surface area (Å²) in [5, 5.41) is 13.5. The van der Waals surface area contributed by atoms with Crippen molar-refractivity contribution in [2.45, 2.75) is 26.3 Å². The van der Waals surface area contributed by atoms with Gasteiger partial charge in [0.25, 0.3) is 5.78 Å². The molecule has 0 fully saturated rings. The van der Waals surface area contributed by atoms with E-state index in [0.29, 0.717) is 17.4 Å². The Hall–Kier alpha value is -1.40. The van der Waals surface area contributed by atoms with Gasteiger partial charge in [-0.2, -0.15) is 19.6 Å². The summed E-state index contributed by atoms with van der Waals surface area (Å²) < 4.78 is 1.66. The van der Waals surface area contributed by atoms with Crippen molar-refractivity contribution in [2.75, 3.05) is 18.1 Å². The van der Waals surface area contributed by atoms with Gasteiger partial charge in [0.1, 0.15) is 17.3 Å². The maximum atomic E-state index is 8.97. The van der Waals surface area contributed by atoms with Gasteiger partial charge in [-0.25, -0.2) is 0 Å². The number of anilines is 1. The highest BCUT2D eigenvalue weighted by molar-refractivity contribution is 6.29. The van der Waals surface area contributed by atoms with Crippen molar-refractivity contribution in [1.29, 1.82) is 0 Å². The fourth-order valence-corrected chi connectivity index (χ4v) is 2.02. The molecule has 2 rings (SSSR count). The van der Waals surface area contributed by atoms with Crippen LogP contribution >= 0.6 is 11.6 Å². The van der Waals surface area contributed by atoms with Gasteiger partial charge in [-0.3, -0.25) is 0 Å². The number of hydrogen-bond acceptors (Lipinski definition) is 5. The molecule has 0 unspecified atom stereocenters. The Morgan fingerprint density at radius 2 is 2.28 bits per heavy atom. The van der Waals surface area contributed by atoms with Crippen LogP contribution < -0.4 is 4.90 Å². The van der Waals surface area contributed by atoms with Crippen molar-refractivity contribution in [1.82, 2.24) is 19.6 Å². The van der Waals surface area contributed by atoms with E-state index in [9.17, 15) is 0 Å². The summed E-state index contributed by atoms with van der Waals surface area (Å²) in [4.78, 5) is 10.3. The standard InChI is InChI=1S/C11H16ClN5O/c1-8(2)16(4-3-5-18)10-6-9(12)15-11-13-7-14-17(10)11/h6-8,18H,3-5H2,1-2H3. The molecule has 7 heteroatoms. The molecule has 0 aliphatic carbocycles. The van der Waals surface area contributed by atoms with Crippen molar-refractivity contribution in [3.8, 4) is 0 Å². The normalized spacial score (nSPS) is 11.4. The van der Waals surface area contributed by atoms with Gasteiger partial charge >= 0.3 is 0 Å². The molecule has 1 N–H and O–H groups in total. The van der Waals surface area contributed by atoms with Gasteiger partial charge in [-0.1, -0.05) is 11.6 Å². The molecule has 0 saturated heterocycles. The number of halogens is 1. The summed E-state index contributed by atoms with van der Waals surface area (Å²) in [7, 11) is 0. The lowest BCUT2D eigenvalue weighted by atomic mass is 10.3. The fraction of sp³-hybridized carbons (Fsp3) is 0.545. The van der Waals surface area contributed by atoms with E-state index in [2.05, 4.69) is 33.8 Å². The molecule has 0 bridgehead atoms. The van der Waals surface area contributed by atoms with E-state index in [0.717, 1.165) is 12.4 Å². The molecule has 2 aromatic rings. The summed E-state index contributed by atoms with van der Waals surface area (Å²) in [6, 6.07) is 2.03. The van der Waals surface area contributed by atoms with Crippen molar-refractivity contribution in [3.05, 3.63) is 17.5 Å². The minimum absolute atomic E-state index is 0.155. The molecule has 6 nitrogen and oxygen atoms in total. The van der Waals surface area contributed by atoms with E-state index >= 15 is 0 Å². The molecule has 0 aliphatic rings. The average Bonchev–Trinajstić information content (AvgIpc) is 2.76. The maximum absolute atomic E-state index is 8.97. The lowest BCUT2D eigenvalue weighted by molar-refractivity contribution is 0.288. The highest BCUT2D eigenvalue weighted by atomic mass is 35.5. The zero-order chi connectivity index (χ0) is 13.1. The van der Waals surface area contributed by atoms with Crippen molar-refractivity contribution in [3.63, 3.8) is 0 Å². The first kappa shape index (κ1) is 13.0. The van der Waals surface area contributed by atoms with E-state index in [-0.39, 0.29) is 12.6 Å². The van der Waals surface area contributed by atoms with Crippen molar-refractivity contribution >= 4 is 23.2 Å². The lowest BCUT2D eigenvalue weighted by Gasteiger charge is -2.28. The summed E-state index contributed by atoms with van der Waals surface area (Å²) >= 11 is 6.00. The number of aliphatic hydroxyl groups is 1. The van der Waals surface area contributed by atoms with Crippen LogP contribution in [0.4, 0.5) is 5.82 Å². The van der Waals surface area contributed by atoms with Crippen LogP contribution in [0.3, 0.4) is 0 Å². The van der Waals surface area contributed by atoms with E-state index in [1.54, 1.807) is 10.6 Å². The Kier molecular flexibility index (Phi) is 3.98. The molecule has 0 saturated carbocycles. The van der Waals surface area contributed by atoms with E-state index in [1.807, 2.05) is 0 Å². The molecule has 98 valence electrons. The van der Waals surface area contributed by atoms with E-state index in [1.165, 1.54) is 6.33 Å². The number of fused-ring (bicyclic) bond motifs is 1. The van der Waals surface area contributed by atoms with Crippen LogP contribution in [0, 0.1) is 0 Å². The number of hydrogen-bond donors (Lipinski definition) is 1. The molecule has 18 heavy (non-hydrogen) atoms. The summed E-state index contributed by atoms with van der Waals surface area (Å²) in [5.41, 5.74) is 0. The Balaban J connectivity index is 2.45. The van der Waals surface area contributed by atoms with Crippen LogP contribution in [-0.4, -0.2) is 43.9 Å². The van der Waals surface area contributed by atoms with Crippen LogP contribution in [0.1, 0.15) is 20.3 Å². The zero-order valence-corrected chi connectivity index (χ0v) is 11.2. The van der Waals surface area contributed by atoms with Gasteiger partial charge in [-0.15, -0.1) is 0 Å². The lowest BCUT2D eigenvalue weighted by Crippen LogP contribution is -2.34. The first-order chi connectivity index (χ1) is 8.63. The molecule has 0 amide bonds. The zero-order valence-electron chi connectivity index (χ0n) is 10.4. The van der Waals surface area contributed by atoms with Gasteiger partial charge < -0.3 is 10.0 Å².